The van der Waals surface area contributed by atoms with Crippen LogP contribution in [0.1, 0.15) is 34.8 Å². The van der Waals surface area contributed by atoms with Crippen LogP contribution in [0.25, 0.3) is 11.0 Å². The van der Waals surface area contributed by atoms with E-state index in [0.29, 0.717) is 47.1 Å². The Hall–Kier alpha value is -5.59. The predicted octanol–water partition coefficient (Wildman–Crippen LogP) is 4.91. The molecule has 1 fully saturated rings. The molecule has 43 heavy (non-hydrogen) atoms. The molecular formula is C30H28FN9O3. The number of carbonyl (C=O) groups is 2. The van der Waals surface area contributed by atoms with Gasteiger partial charge in [0.1, 0.15) is 35.3 Å². The number of piperidine rings is 1. The van der Waals surface area contributed by atoms with E-state index in [4.69, 9.17) is 4.74 Å². The zero-order valence-corrected chi connectivity index (χ0v) is 23.2. The molecule has 1 saturated heterocycles. The zero-order valence-electron chi connectivity index (χ0n) is 23.2. The van der Waals surface area contributed by atoms with Gasteiger partial charge in [0, 0.05) is 56.8 Å². The van der Waals surface area contributed by atoms with Gasteiger partial charge in [-0.05, 0) is 43.2 Å². The average molecular weight is 582 g/mol. The van der Waals surface area contributed by atoms with Crippen molar-refractivity contribution in [2.75, 3.05) is 23.7 Å². The van der Waals surface area contributed by atoms with E-state index >= 15 is 4.39 Å². The SMILES string of the molecule is C=CC(=O)N1CCC(c2n[nH]c3ncnc(Nc4ccc(Oc5ccnc(NC(=O)c6ccn(C)c6)c5)cc4F)c23)CC1. The summed E-state index contributed by atoms with van der Waals surface area (Å²) in [4.78, 5) is 39.0. The number of rotatable bonds is 8. The second-order valence-electron chi connectivity index (χ2n) is 10.1. The van der Waals surface area contributed by atoms with Crippen molar-refractivity contribution in [2.45, 2.75) is 18.8 Å². The van der Waals surface area contributed by atoms with Crippen LogP contribution in [-0.4, -0.2) is 59.5 Å². The third-order valence-corrected chi connectivity index (χ3v) is 7.25. The summed E-state index contributed by atoms with van der Waals surface area (Å²) >= 11 is 0. The topological polar surface area (TPSA) is 143 Å². The molecule has 0 bridgehead atoms. The van der Waals surface area contributed by atoms with Crippen molar-refractivity contribution in [3.63, 3.8) is 0 Å². The first-order valence-corrected chi connectivity index (χ1v) is 13.6. The molecule has 1 aromatic carbocycles. The Labute approximate surface area is 245 Å². The van der Waals surface area contributed by atoms with E-state index in [0.717, 1.165) is 18.5 Å². The molecular weight excluding hydrogens is 553 g/mol. The summed E-state index contributed by atoms with van der Waals surface area (Å²) in [5.41, 5.74) is 1.99. The molecule has 6 rings (SSSR count). The normalized spacial score (nSPS) is 13.6. The van der Waals surface area contributed by atoms with Gasteiger partial charge in [0.15, 0.2) is 5.65 Å². The largest absolute Gasteiger partial charge is 0.457 e. The van der Waals surface area contributed by atoms with Crippen LogP contribution in [-0.2, 0) is 11.8 Å². The second-order valence-corrected chi connectivity index (χ2v) is 10.1. The second kappa shape index (κ2) is 11.7. The van der Waals surface area contributed by atoms with E-state index < -0.39 is 5.82 Å². The third-order valence-electron chi connectivity index (χ3n) is 7.25. The highest BCUT2D eigenvalue weighted by Gasteiger charge is 2.27. The molecule has 5 aromatic rings. The minimum atomic E-state index is -0.558. The van der Waals surface area contributed by atoms with Crippen molar-refractivity contribution in [3.05, 3.63) is 91.0 Å². The lowest BCUT2D eigenvalue weighted by molar-refractivity contribution is -0.127. The van der Waals surface area contributed by atoms with Gasteiger partial charge in [0.2, 0.25) is 5.91 Å². The number of likely N-dealkylation sites (tertiary alicyclic amines) is 1. The number of hydrogen-bond donors (Lipinski definition) is 3. The van der Waals surface area contributed by atoms with Crippen LogP contribution in [0.5, 0.6) is 11.5 Å². The number of fused-ring (bicyclic) bond motifs is 1. The van der Waals surface area contributed by atoms with Gasteiger partial charge >= 0.3 is 0 Å². The Morgan fingerprint density at radius 1 is 1.12 bits per heavy atom. The van der Waals surface area contributed by atoms with Gasteiger partial charge in [0.05, 0.1) is 22.3 Å². The maximum absolute atomic E-state index is 15.3. The lowest BCUT2D eigenvalue weighted by Gasteiger charge is -2.30. The molecule has 1 aliphatic heterocycles. The maximum atomic E-state index is 15.3. The number of aromatic nitrogens is 6. The Kier molecular flexibility index (Phi) is 7.52. The Morgan fingerprint density at radius 2 is 1.93 bits per heavy atom. The Morgan fingerprint density at radius 3 is 2.67 bits per heavy atom. The molecule has 0 spiro atoms. The summed E-state index contributed by atoms with van der Waals surface area (Å²) in [6.07, 6.45) is 9.12. The fourth-order valence-electron chi connectivity index (χ4n) is 5.07. The number of pyridine rings is 1. The van der Waals surface area contributed by atoms with Gasteiger partial charge in [0.25, 0.3) is 5.91 Å². The first-order valence-electron chi connectivity index (χ1n) is 13.6. The van der Waals surface area contributed by atoms with E-state index in [1.807, 2.05) is 7.05 Å². The molecule has 0 aliphatic carbocycles. The number of nitrogens with zero attached hydrogens (tertiary/aromatic N) is 6. The van der Waals surface area contributed by atoms with Crippen LogP contribution in [0.15, 0.2) is 74.0 Å². The molecule has 1 aliphatic rings. The third kappa shape index (κ3) is 5.91. The van der Waals surface area contributed by atoms with Crippen molar-refractivity contribution in [1.29, 1.82) is 0 Å². The fourth-order valence-corrected chi connectivity index (χ4v) is 5.07. The number of hydrogen-bond acceptors (Lipinski definition) is 8. The van der Waals surface area contributed by atoms with Crippen molar-refractivity contribution in [2.24, 2.45) is 7.05 Å². The lowest BCUT2D eigenvalue weighted by atomic mass is 9.92. The van der Waals surface area contributed by atoms with Crippen LogP contribution in [0, 0.1) is 5.82 Å². The van der Waals surface area contributed by atoms with Gasteiger partial charge in [-0.3, -0.25) is 14.7 Å². The summed E-state index contributed by atoms with van der Waals surface area (Å²) in [6, 6.07) is 9.29. The van der Waals surface area contributed by atoms with Crippen LogP contribution >= 0.6 is 0 Å². The lowest BCUT2D eigenvalue weighted by Crippen LogP contribution is -2.36. The molecule has 13 heteroatoms. The maximum Gasteiger partial charge on any atom is 0.258 e. The quantitative estimate of drug-likeness (QED) is 0.220. The summed E-state index contributed by atoms with van der Waals surface area (Å²) < 4.78 is 22.9. The smallest absolute Gasteiger partial charge is 0.258 e. The zero-order chi connectivity index (χ0) is 29.9. The van der Waals surface area contributed by atoms with Gasteiger partial charge in [-0.25, -0.2) is 19.3 Å². The number of aromatic amines is 1. The number of halogens is 1. The molecule has 0 radical (unpaired) electrons. The highest BCUT2D eigenvalue weighted by atomic mass is 19.1. The Bertz CT molecular complexity index is 1820. The number of nitrogens with one attached hydrogen (secondary N) is 3. The van der Waals surface area contributed by atoms with Crippen LogP contribution in [0.3, 0.4) is 0 Å². The number of anilines is 3. The number of benzene rings is 1. The van der Waals surface area contributed by atoms with Crippen molar-refractivity contribution in [1.82, 2.24) is 34.6 Å². The molecule has 0 unspecified atom stereocenters. The minimum absolute atomic E-state index is 0.0810. The van der Waals surface area contributed by atoms with E-state index in [1.165, 1.54) is 24.7 Å². The standard InChI is InChI=1S/C30H28FN9O3/c1-3-25(41)40-12-8-18(9-13-40)27-26-28(33-17-34-29(26)38-37-27)35-23-5-4-20(14-22(23)31)43-21-6-10-32-24(15-21)36-30(42)19-7-11-39(2)16-19/h3-7,10-11,14-18H,1,8-9,12-13H2,2H3,(H,32,36,42)(H2,33,34,35,37,38). The summed E-state index contributed by atoms with van der Waals surface area (Å²) in [5.74, 6) is 0.477. The van der Waals surface area contributed by atoms with Crippen molar-refractivity contribution in [3.8, 4) is 11.5 Å². The first kappa shape index (κ1) is 27.6. The van der Waals surface area contributed by atoms with E-state index in [2.05, 4.69) is 42.4 Å². The highest BCUT2D eigenvalue weighted by Crippen LogP contribution is 2.35. The van der Waals surface area contributed by atoms with Crippen molar-refractivity contribution >= 4 is 40.2 Å². The number of carbonyl (C=O) groups excluding carboxylic acids is 2. The summed E-state index contributed by atoms with van der Waals surface area (Å²) in [6.45, 7) is 4.75. The molecule has 2 amide bonds. The molecule has 0 saturated carbocycles. The highest BCUT2D eigenvalue weighted by molar-refractivity contribution is 6.03. The molecule has 0 atom stereocenters. The molecule has 5 heterocycles. The Balaban J connectivity index is 1.16. The minimum Gasteiger partial charge on any atom is -0.457 e. The van der Waals surface area contributed by atoms with Gasteiger partial charge in [-0.15, -0.1) is 0 Å². The molecule has 4 aromatic heterocycles. The van der Waals surface area contributed by atoms with Crippen LogP contribution in [0.2, 0.25) is 0 Å². The number of ether oxygens (including phenoxy) is 1. The van der Waals surface area contributed by atoms with E-state index in [-0.39, 0.29) is 29.2 Å². The van der Waals surface area contributed by atoms with Crippen LogP contribution < -0.4 is 15.4 Å². The molecule has 3 N–H and O–H groups in total. The van der Waals surface area contributed by atoms with Crippen molar-refractivity contribution < 1.29 is 18.7 Å². The molecule has 12 nitrogen and oxygen atoms in total. The van der Waals surface area contributed by atoms with Gasteiger partial charge in [-0.1, -0.05) is 6.58 Å². The van der Waals surface area contributed by atoms with Gasteiger partial charge < -0.3 is 24.8 Å². The number of aryl methyl sites for hydroxylation is 1. The summed E-state index contributed by atoms with van der Waals surface area (Å²) in [5, 5.41) is 13.9. The van der Waals surface area contributed by atoms with Gasteiger partial charge in [-0.2, -0.15) is 5.10 Å². The average Bonchev–Trinajstić information content (AvgIpc) is 3.65. The van der Waals surface area contributed by atoms with E-state index in [9.17, 15) is 9.59 Å². The predicted molar refractivity (Wildman–Crippen MR) is 158 cm³/mol. The number of amides is 2. The monoisotopic (exact) mass is 581 g/mol. The van der Waals surface area contributed by atoms with Crippen LogP contribution in [0.4, 0.5) is 21.7 Å². The molecule has 218 valence electrons. The van der Waals surface area contributed by atoms with E-state index in [1.54, 1.807) is 52.2 Å². The fraction of sp³-hybridized carbons (Fsp3) is 0.200. The first-order chi connectivity index (χ1) is 20.9. The summed E-state index contributed by atoms with van der Waals surface area (Å²) in [7, 11) is 1.83. The number of H-pyrrole nitrogens is 1.